The average Bonchev–Trinajstić information content (AvgIpc) is 2.69. The summed E-state index contributed by atoms with van der Waals surface area (Å²) in [5.74, 6) is -0.918. The summed E-state index contributed by atoms with van der Waals surface area (Å²) in [5, 5.41) is 11.6. The second-order valence-corrected chi connectivity index (χ2v) is 5.44. The van der Waals surface area contributed by atoms with Gasteiger partial charge < -0.3 is 5.11 Å². The lowest BCUT2D eigenvalue weighted by atomic mass is 10.2. The van der Waals surface area contributed by atoms with E-state index in [9.17, 15) is 4.79 Å². The monoisotopic (exact) mass is 251 g/mol. The first-order valence-electron chi connectivity index (χ1n) is 4.58. The molecule has 0 saturated heterocycles. The van der Waals surface area contributed by atoms with Crippen LogP contribution in [0.15, 0.2) is 38.9 Å². The first-order valence-corrected chi connectivity index (χ1v) is 6.28. The first-order chi connectivity index (χ1) is 7.65. The van der Waals surface area contributed by atoms with Gasteiger partial charge in [-0.2, -0.15) is 0 Å². The first kappa shape index (κ1) is 11.2. The quantitative estimate of drug-likeness (QED) is 0.909. The summed E-state index contributed by atoms with van der Waals surface area (Å²) in [4.78, 5) is 15.2. The fourth-order valence-electron chi connectivity index (χ4n) is 1.24. The summed E-state index contributed by atoms with van der Waals surface area (Å²) in [5.41, 5.74) is 1.01. The standard InChI is InChI=1S/C11H9NO2S2/c1-7-5-8(11(13)14)6-9(12-7)16-10-3-2-4-15-10/h2-6H,1H3,(H,13,14). The third-order valence-electron chi connectivity index (χ3n) is 1.88. The van der Waals surface area contributed by atoms with Crippen LogP contribution in [0.2, 0.25) is 0 Å². The molecule has 0 atom stereocenters. The van der Waals surface area contributed by atoms with Crippen LogP contribution in [0, 0.1) is 6.92 Å². The van der Waals surface area contributed by atoms with Crippen molar-refractivity contribution in [1.82, 2.24) is 4.98 Å². The van der Waals surface area contributed by atoms with Crippen molar-refractivity contribution in [2.45, 2.75) is 16.2 Å². The zero-order chi connectivity index (χ0) is 11.5. The van der Waals surface area contributed by atoms with Gasteiger partial charge in [-0.25, -0.2) is 9.78 Å². The number of hydrogen-bond acceptors (Lipinski definition) is 4. The Bertz CT molecular complexity index is 509. The van der Waals surface area contributed by atoms with Gasteiger partial charge in [0.05, 0.1) is 9.77 Å². The van der Waals surface area contributed by atoms with E-state index in [1.165, 1.54) is 11.8 Å². The molecule has 2 aromatic heterocycles. The Balaban J connectivity index is 2.31. The molecule has 0 fully saturated rings. The van der Waals surface area contributed by atoms with E-state index < -0.39 is 5.97 Å². The van der Waals surface area contributed by atoms with Crippen LogP contribution in [0.3, 0.4) is 0 Å². The average molecular weight is 251 g/mol. The van der Waals surface area contributed by atoms with Crippen molar-refractivity contribution in [3.05, 3.63) is 40.9 Å². The second kappa shape index (κ2) is 4.67. The number of nitrogens with zero attached hydrogens (tertiary/aromatic N) is 1. The van der Waals surface area contributed by atoms with Crippen molar-refractivity contribution < 1.29 is 9.90 Å². The molecule has 2 heterocycles. The van der Waals surface area contributed by atoms with Crippen molar-refractivity contribution in [1.29, 1.82) is 0 Å². The summed E-state index contributed by atoms with van der Waals surface area (Å²) in [7, 11) is 0. The highest BCUT2D eigenvalue weighted by Crippen LogP contribution is 2.30. The van der Waals surface area contributed by atoms with Crippen LogP contribution in [-0.2, 0) is 0 Å². The third-order valence-corrected chi connectivity index (χ3v) is 3.83. The maximum atomic E-state index is 10.9. The van der Waals surface area contributed by atoms with Gasteiger partial charge in [-0.3, -0.25) is 0 Å². The van der Waals surface area contributed by atoms with Gasteiger partial charge in [0, 0.05) is 5.69 Å². The number of rotatable bonds is 3. The maximum Gasteiger partial charge on any atom is 0.335 e. The van der Waals surface area contributed by atoms with Crippen molar-refractivity contribution in [3.8, 4) is 0 Å². The number of carboxylic acids is 1. The molecular weight excluding hydrogens is 242 g/mol. The normalized spacial score (nSPS) is 10.3. The molecule has 0 aromatic carbocycles. The summed E-state index contributed by atoms with van der Waals surface area (Å²) >= 11 is 3.10. The zero-order valence-corrected chi connectivity index (χ0v) is 10.1. The summed E-state index contributed by atoms with van der Waals surface area (Å²) < 4.78 is 1.11. The molecule has 2 aromatic rings. The van der Waals surface area contributed by atoms with Crippen LogP contribution in [-0.4, -0.2) is 16.1 Å². The van der Waals surface area contributed by atoms with Gasteiger partial charge >= 0.3 is 5.97 Å². The predicted molar refractivity (Wildman–Crippen MR) is 64.4 cm³/mol. The molecule has 0 radical (unpaired) electrons. The van der Waals surface area contributed by atoms with Crippen LogP contribution >= 0.6 is 23.1 Å². The molecule has 5 heteroatoms. The molecule has 0 aliphatic heterocycles. The molecule has 0 saturated carbocycles. The summed E-state index contributed by atoms with van der Waals surface area (Å²) in [6, 6.07) is 7.11. The van der Waals surface area contributed by atoms with E-state index in [0.29, 0.717) is 0 Å². The maximum absolute atomic E-state index is 10.9. The Morgan fingerprint density at radius 2 is 2.31 bits per heavy atom. The van der Waals surface area contributed by atoms with Gasteiger partial charge in [0.15, 0.2) is 0 Å². The van der Waals surface area contributed by atoms with Crippen LogP contribution in [0.1, 0.15) is 16.1 Å². The van der Waals surface area contributed by atoms with E-state index in [0.717, 1.165) is 14.9 Å². The van der Waals surface area contributed by atoms with Crippen molar-refractivity contribution >= 4 is 29.1 Å². The van der Waals surface area contributed by atoms with Crippen molar-refractivity contribution in [2.24, 2.45) is 0 Å². The van der Waals surface area contributed by atoms with Gasteiger partial charge in [-0.15, -0.1) is 11.3 Å². The topological polar surface area (TPSA) is 50.2 Å². The lowest BCUT2D eigenvalue weighted by molar-refractivity contribution is 0.0696. The van der Waals surface area contributed by atoms with Crippen molar-refractivity contribution in [2.75, 3.05) is 0 Å². The zero-order valence-electron chi connectivity index (χ0n) is 8.51. The summed E-state index contributed by atoms with van der Waals surface area (Å²) in [6.07, 6.45) is 0. The molecule has 0 spiro atoms. The smallest absolute Gasteiger partial charge is 0.335 e. The number of thiophene rings is 1. The minimum absolute atomic E-state index is 0.284. The van der Waals surface area contributed by atoms with E-state index in [2.05, 4.69) is 4.98 Å². The van der Waals surface area contributed by atoms with Crippen LogP contribution in [0.5, 0.6) is 0 Å². The van der Waals surface area contributed by atoms with Crippen LogP contribution in [0.25, 0.3) is 0 Å². The number of aryl methyl sites for hydroxylation is 1. The minimum Gasteiger partial charge on any atom is -0.478 e. The van der Waals surface area contributed by atoms with Gasteiger partial charge in [-0.05, 0) is 30.5 Å². The molecule has 0 aliphatic rings. The van der Waals surface area contributed by atoms with E-state index in [1.54, 1.807) is 30.4 Å². The highest BCUT2D eigenvalue weighted by molar-refractivity contribution is 8.01. The highest BCUT2D eigenvalue weighted by Gasteiger charge is 2.08. The van der Waals surface area contributed by atoms with Crippen molar-refractivity contribution in [3.63, 3.8) is 0 Å². The Morgan fingerprint density at radius 1 is 1.50 bits per heavy atom. The number of aromatic nitrogens is 1. The van der Waals surface area contributed by atoms with Gasteiger partial charge in [0.2, 0.25) is 0 Å². The van der Waals surface area contributed by atoms with E-state index in [4.69, 9.17) is 5.11 Å². The molecule has 0 bridgehead atoms. The largest absolute Gasteiger partial charge is 0.478 e. The third kappa shape index (κ3) is 2.62. The molecule has 2 rings (SSSR count). The van der Waals surface area contributed by atoms with E-state index >= 15 is 0 Å². The number of hydrogen-bond donors (Lipinski definition) is 1. The molecule has 1 N–H and O–H groups in total. The Labute approximate surface area is 101 Å². The fraction of sp³-hybridized carbons (Fsp3) is 0.0909. The Kier molecular flexibility index (Phi) is 3.26. The predicted octanol–water partition coefficient (Wildman–Crippen LogP) is 3.30. The van der Waals surface area contributed by atoms with Crippen LogP contribution < -0.4 is 0 Å². The lowest BCUT2D eigenvalue weighted by Crippen LogP contribution is -1.98. The molecular formula is C11H9NO2S2. The molecule has 82 valence electrons. The van der Waals surface area contributed by atoms with Gasteiger partial charge in [0.1, 0.15) is 5.03 Å². The molecule has 0 unspecified atom stereocenters. The second-order valence-electron chi connectivity index (χ2n) is 3.17. The van der Waals surface area contributed by atoms with Gasteiger partial charge in [-0.1, -0.05) is 17.8 Å². The van der Waals surface area contributed by atoms with Crippen LogP contribution in [0.4, 0.5) is 0 Å². The van der Waals surface area contributed by atoms with E-state index in [1.807, 2.05) is 17.5 Å². The number of carbonyl (C=O) groups is 1. The molecule has 3 nitrogen and oxygen atoms in total. The Hall–Kier alpha value is -1.33. The number of carboxylic acid groups (broad SMARTS) is 1. The lowest BCUT2D eigenvalue weighted by Gasteiger charge is -2.02. The molecule has 0 amide bonds. The number of aromatic carboxylic acids is 1. The highest BCUT2D eigenvalue weighted by atomic mass is 32.2. The molecule has 16 heavy (non-hydrogen) atoms. The SMILES string of the molecule is Cc1cc(C(=O)O)cc(Sc2cccs2)n1. The van der Waals surface area contributed by atoms with Gasteiger partial charge in [0.25, 0.3) is 0 Å². The minimum atomic E-state index is -0.918. The Morgan fingerprint density at radius 3 is 2.94 bits per heavy atom. The fourth-order valence-corrected chi connectivity index (χ4v) is 3.03. The molecule has 0 aliphatic carbocycles. The van der Waals surface area contributed by atoms with E-state index in [-0.39, 0.29) is 5.56 Å². The summed E-state index contributed by atoms with van der Waals surface area (Å²) in [6.45, 7) is 1.80. The number of pyridine rings is 1.